The van der Waals surface area contributed by atoms with Crippen LogP contribution in [0.3, 0.4) is 0 Å². The zero-order valence-corrected chi connectivity index (χ0v) is 8.98. The van der Waals surface area contributed by atoms with E-state index in [4.69, 9.17) is 4.42 Å². The van der Waals surface area contributed by atoms with Crippen LogP contribution >= 0.6 is 11.5 Å². The Labute approximate surface area is 94.0 Å². The number of carbonyl (C=O) groups excluding carboxylic acids is 2. The van der Waals surface area contributed by atoms with Crippen LogP contribution in [0.4, 0.5) is 0 Å². The number of hydrogen-bond acceptors (Lipinski definition) is 7. The van der Waals surface area contributed by atoms with Crippen LogP contribution in [0.1, 0.15) is 26.0 Å². The highest BCUT2D eigenvalue weighted by molar-refractivity contribution is 7.08. The van der Waals surface area contributed by atoms with Crippen LogP contribution in [0, 0.1) is 0 Å². The van der Waals surface area contributed by atoms with Crippen LogP contribution in [0.2, 0.25) is 0 Å². The van der Waals surface area contributed by atoms with Gasteiger partial charge in [-0.05, 0) is 23.7 Å². The van der Waals surface area contributed by atoms with Gasteiger partial charge in [0.2, 0.25) is 11.5 Å². The number of carbonyl (C=O) groups is 2. The van der Waals surface area contributed by atoms with E-state index in [0.717, 1.165) is 11.5 Å². The molecule has 0 bridgehead atoms. The van der Waals surface area contributed by atoms with E-state index in [1.165, 1.54) is 25.4 Å². The summed E-state index contributed by atoms with van der Waals surface area (Å²) >= 11 is 0.962. The molecule has 0 saturated carbocycles. The monoisotopic (exact) mass is 238 g/mol. The molecule has 0 saturated heterocycles. The molecule has 0 fully saturated rings. The molecule has 82 valence electrons. The van der Waals surface area contributed by atoms with Gasteiger partial charge in [-0.15, -0.1) is 5.10 Å². The number of nitrogens with zero attached hydrogens (tertiary/aromatic N) is 2. The van der Waals surface area contributed by atoms with Gasteiger partial charge in [-0.3, -0.25) is 4.79 Å². The first-order valence-electron chi connectivity index (χ1n) is 4.22. The second-order valence-corrected chi connectivity index (χ2v) is 3.55. The van der Waals surface area contributed by atoms with Gasteiger partial charge >= 0.3 is 5.97 Å². The van der Waals surface area contributed by atoms with Crippen molar-refractivity contribution in [2.24, 2.45) is 0 Å². The summed E-state index contributed by atoms with van der Waals surface area (Å²) in [6, 6.07) is 2.79. The maximum absolute atomic E-state index is 11.7. The minimum atomic E-state index is -0.624. The summed E-state index contributed by atoms with van der Waals surface area (Å²) < 4.78 is 13.1. The second kappa shape index (κ2) is 4.23. The summed E-state index contributed by atoms with van der Waals surface area (Å²) in [5.74, 6) is -0.929. The van der Waals surface area contributed by atoms with Crippen molar-refractivity contribution in [1.29, 1.82) is 0 Å². The Morgan fingerprint density at radius 2 is 2.12 bits per heavy atom. The molecule has 2 aromatic rings. The summed E-state index contributed by atoms with van der Waals surface area (Å²) in [5.41, 5.74) is 0. The summed E-state index contributed by atoms with van der Waals surface area (Å²) in [5, 5.41) is 3.54. The Hall–Kier alpha value is -2.02. The van der Waals surface area contributed by atoms with Crippen molar-refractivity contribution in [3.05, 3.63) is 34.7 Å². The quantitative estimate of drug-likeness (QED) is 0.589. The fourth-order valence-corrected chi connectivity index (χ4v) is 1.52. The fourth-order valence-electron chi connectivity index (χ4n) is 1.06. The Morgan fingerprint density at radius 3 is 2.75 bits per heavy atom. The number of aromatic nitrogens is 2. The number of ketones is 1. The van der Waals surface area contributed by atoms with Crippen molar-refractivity contribution in [2.45, 2.75) is 0 Å². The molecule has 2 aromatic heterocycles. The van der Waals surface area contributed by atoms with Gasteiger partial charge in [0.05, 0.1) is 13.3 Å². The van der Waals surface area contributed by atoms with E-state index < -0.39 is 5.97 Å². The number of furan rings is 1. The molecule has 2 rings (SSSR count). The minimum Gasteiger partial charge on any atom is -0.463 e. The van der Waals surface area contributed by atoms with Crippen LogP contribution in [-0.2, 0) is 4.74 Å². The summed E-state index contributed by atoms with van der Waals surface area (Å²) in [6.45, 7) is 0. The van der Waals surface area contributed by atoms with Gasteiger partial charge in [-0.1, -0.05) is 4.49 Å². The van der Waals surface area contributed by atoms with Gasteiger partial charge in [-0.25, -0.2) is 4.79 Å². The lowest BCUT2D eigenvalue weighted by Gasteiger charge is -1.93. The van der Waals surface area contributed by atoms with Crippen molar-refractivity contribution in [3.8, 4) is 0 Å². The zero-order chi connectivity index (χ0) is 11.5. The number of methoxy groups -OCH3 is 1. The third-order valence-corrected chi connectivity index (χ3v) is 2.46. The average molecular weight is 238 g/mol. The molecule has 0 atom stereocenters. The minimum absolute atomic E-state index is 0.0108. The third-order valence-electron chi connectivity index (χ3n) is 1.80. The van der Waals surface area contributed by atoms with Crippen molar-refractivity contribution in [1.82, 2.24) is 9.59 Å². The molecule has 16 heavy (non-hydrogen) atoms. The first-order chi connectivity index (χ1) is 7.72. The molecule has 7 heteroatoms. The molecular weight excluding hydrogens is 232 g/mol. The highest BCUT2D eigenvalue weighted by Gasteiger charge is 2.18. The first-order valence-corrected chi connectivity index (χ1v) is 5.00. The smallest absolute Gasteiger partial charge is 0.373 e. The Kier molecular flexibility index (Phi) is 2.78. The summed E-state index contributed by atoms with van der Waals surface area (Å²) in [4.78, 5) is 23.2. The summed E-state index contributed by atoms with van der Waals surface area (Å²) in [7, 11) is 1.24. The highest BCUT2D eigenvalue weighted by atomic mass is 32.1. The predicted molar refractivity (Wildman–Crippen MR) is 53.4 cm³/mol. The lowest BCUT2D eigenvalue weighted by atomic mass is 10.3. The van der Waals surface area contributed by atoms with E-state index in [9.17, 15) is 9.59 Å². The molecule has 0 spiro atoms. The second-order valence-electron chi connectivity index (χ2n) is 2.77. The van der Waals surface area contributed by atoms with Gasteiger partial charge in [0, 0.05) is 0 Å². The van der Waals surface area contributed by atoms with E-state index in [-0.39, 0.29) is 17.3 Å². The molecule has 0 unspecified atom stereocenters. The maximum atomic E-state index is 11.7. The van der Waals surface area contributed by atoms with Crippen LogP contribution < -0.4 is 0 Å². The van der Waals surface area contributed by atoms with E-state index >= 15 is 0 Å². The first kappa shape index (κ1) is 10.5. The standard InChI is InChI=1S/C9H6N2O4S/c1-14-9(13)6-3-2-5(15-6)8(12)7-4-10-11-16-7/h2-4H,1H3. The largest absolute Gasteiger partial charge is 0.463 e. The highest BCUT2D eigenvalue weighted by Crippen LogP contribution is 2.15. The molecule has 0 aromatic carbocycles. The number of hydrogen-bond donors (Lipinski definition) is 0. The topological polar surface area (TPSA) is 82.3 Å². The average Bonchev–Trinajstić information content (AvgIpc) is 2.97. The van der Waals surface area contributed by atoms with E-state index in [1.54, 1.807) is 0 Å². The normalized spacial score (nSPS) is 10.1. The Morgan fingerprint density at radius 1 is 1.38 bits per heavy atom. The number of esters is 1. The lowest BCUT2D eigenvalue weighted by molar-refractivity contribution is 0.0563. The van der Waals surface area contributed by atoms with Crippen LogP contribution in [0.25, 0.3) is 0 Å². The number of rotatable bonds is 3. The molecule has 0 aliphatic carbocycles. The molecule has 0 aliphatic heterocycles. The Balaban J connectivity index is 2.26. The maximum Gasteiger partial charge on any atom is 0.373 e. The van der Waals surface area contributed by atoms with Gasteiger partial charge in [0.1, 0.15) is 4.88 Å². The van der Waals surface area contributed by atoms with Gasteiger partial charge in [-0.2, -0.15) is 0 Å². The van der Waals surface area contributed by atoms with Gasteiger partial charge < -0.3 is 9.15 Å². The van der Waals surface area contributed by atoms with Gasteiger partial charge in [0.25, 0.3) is 0 Å². The van der Waals surface area contributed by atoms with Gasteiger partial charge in [0.15, 0.2) is 5.76 Å². The van der Waals surface area contributed by atoms with Crippen LogP contribution in [-0.4, -0.2) is 28.4 Å². The van der Waals surface area contributed by atoms with E-state index in [1.807, 2.05) is 0 Å². The predicted octanol–water partition coefficient (Wildman–Crippen LogP) is 1.15. The Bertz CT molecular complexity index is 517. The molecule has 0 N–H and O–H groups in total. The third kappa shape index (κ3) is 1.84. The molecule has 2 heterocycles. The van der Waals surface area contributed by atoms with Crippen LogP contribution in [0.15, 0.2) is 22.7 Å². The number of ether oxygens (including phenoxy) is 1. The van der Waals surface area contributed by atoms with E-state index in [0.29, 0.717) is 4.88 Å². The molecule has 0 amide bonds. The molecule has 6 nitrogen and oxygen atoms in total. The lowest BCUT2D eigenvalue weighted by Crippen LogP contribution is -2.00. The van der Waals surface area contributed by atoms with E-state index in [2.05, 4.69) is 14.3 Å². The molecule has 0 aliphatic rings. The zero-order valence-electron chi connectivity index (χ0n) is 8.17. The summed E-state index contributed by atoms with van der Waals surface area (Å²) in [6.07, 6.45) is 1.34. The van der Waals surface area contributed by atoms with Crippen molar-refractivity contribution in [2.75, 3.05) is 7.11 Å². The fraction of sp³-hybridized carbons (Fsp3) is 0.111. The van der Waals surface area contributed by atoms with Crippen molar-refractivity contribution >= 4 is 23.3 Å². The van der Waals surface area contributed by atoms with Crippen molar-refractivity contribution in [3.63, 3.8) is 0 Å². The van der Waals surface area contributed by atoms with Crippen LogP contribution in [0.5, 0.6) is 0 Å². The molecular formula is C9H6N2O4S. The SMILES string of the molecule is COC(=O)c1ccc(C(=O)c2cnns2)o1. The molecule has 0 radical (unpaired) electrons. The van der Waals surface area contributed by atoms with Crippen molar-refractivity contribution < 1.29 is 18.7 Å².